The van der Waals surface area contributed by atoms with Crippen LogP contribution in [0.1, 0.15) is 0 Å². The molecule has 10 heavy (non-hydrogen) atoms. The molecule has 0 aliphatic rings. The summed E-state index contributed by atoms with van der Waals surface area (Å²) in [6.07, 6.45) is 0.884. The van der Waals surface area contributed by atoms with Gasteiger partial charge >= 0.3 is 6.09 Å². The van der Waals surface area contributed by atoms with E-state index < -0.39 is 6.09 Å². The number of rotatable bonds is 2. The van der Waals surface area contributed by atoms with Gasteiger partial charge in [0.05, 0.1) is 7.11 Å². The molecule has 0 saturated heterocycles. The van der Waals surface area contributed by atoms with Gasteiger partial charge in [0.15, 0.2) is 0 Å². The summed E-state index contributed by atoms with van der Waals surface area (Å²) in [7, 11) is 4.87. The zero-order valence-corrected chi connectivity index (χ0v) is 6.29. The SMILES string of the molecule is COC(=O)N/N=C/N(C)C. The molecule has 0 aromatic carbocycles. The normalized spacial score (nSPS) is 9.50. The van der Waals surface area contributed by atoms with Crippen LogP contribution in [0.4, 0.5) is 4.79 Å². The molecule has 0 aliphatic heterocycles. The van der Waals surface area contributed by atoms with E-state index in [-0.39, 0.29) is 0 Å². The Morgan fingerprint density at radius 2 is 2.30 bits per heavy atom. The zero-order chi connectivity index (χ0) is 7.98. The van der Waals surface area contributed by atoms with Crippen LogP contribution >= 0.6 is 0 Å². The second kappa shape index (κ2) is 4.60. The molecule has 0 aromatic rings. The highest BCUT2D eigenvalue weighted by atomic mass is 16.5. The minimum Gasteiger partial charge on any atom is -0.452 e. The third kappa shape index (κ3) is 4.89. The Labute approximate surface area is 59.6 Å². The molecule has 1 amide bonds. The lowest BCUT2D eigenvalue weighted by Crippen LogP contribution is -2.19. The summed E-state index contributed by atoms with van der Waals surface area (Å²) in [5, 5.41) is 3.52. The number of carbonyl (C=O) groups is 1. The molecule has 0 radical (unpaired) electrons. The van der Waals surface area contributed by atoms with Crippen molar-refractivity contribution in [2.24, 2.45) is 5.10 Å². The minimum atomic E-state index is -0.571. The Morgan fingerprint density at radius 1 is 1.70 bits per heavy atom. The smallest absolute Gasteiger partial charge is 0.427 e. The number of carbonyl (C=O) groups excluding carboxylic acids is 1. The predicted octanol–water partition coefficient (Wildman–Crippen LogP) is -0.153. The fourth-order valence-corrected chi connectivity index (χ4v) is 0.243. The Balaban J connectivity index is 3.43. The number of methoxy groups -OCH3 is 1. The molecular weight excluding hydrogens is 134 g/mol. The van der Waals surface area contributed by atoms with E-state index in [2.05, 4.69) is 15.3 Å². The van der Waals surface area contributed by atoms with Crippen LogP contribution in [0.2, 0.25) is 0 Å². The highest BCUT2D eigenvalue weighted by Gasteiger charge is 1.91. The maximum absolute atomic E-state index is 10.3. The number of nitrogens with one attached hydrogen (secondary N) is 1. The van der Waals surface area contributed by atoms with Gasteiger partial charge < -0.3 is 9.64 Å². The van der Waals surface area contributed by atoms with E-state index in [0.29, 0.717) is 0 Å². The van der Waals surface area contributed by atoms with Crippen molar-refractivity contribution in [1.82, 2.24) is 10.3 Å². The number of hydrogen-bond donors (Lipinski definition) is 1. The molecule has 0 aliphatic carbocycles. The van der Waals surface area contributed by atoms with Gasteiger partial charge in [0.2, 0.25) is 0 Å². The summed E-state index contributed by atoms with van der Waals surface area (Å²) in [4.78, 5) is 12.0. The second-order valence-electron chi connectivity index (χ2n) is 1.81. The number of nitrogens with zero attached hydrogens (tertiary/aromatic N) is 2. The highest BCUT2D eigenvalue weighted by molar-refractivity contribution is 5.68. The van der Waals surface area contributed by atoms with Crippen molar-refractivity contribution in [2.75, 3.05) is 21.2 Å². The average Bonchev–Trinajstić information content (AvgIpc) is 1.87. The molecule has 5 heteroatoms. The first-order valence-corrected chi connectivity index (χ1v) is 2.70. The van der Waals surface area contributed by atoms with Crippen molar-refractivity contribution < 1.29 is 9.53 Å². The monoisotopic (exact) mass is 145 g/mol. The van der Waals surface area contributed by atoms with Gasteiger partial charge in [-0.3, -0.25) is 0 Å². The first-order valence-electron chi connectivity index (χ1n) is 2.70. The molecule has 5 nitrogen and oxygen atoms in total. The van der Waals surface area contributed by atoms with Crippen molar-refractivity contribution in [1.29, 1.82) is 0 Å². The number of hydrazone groups is 1. The summed E-state index contributed by atoms with van der Waals surface area (Å²) in [5.74, 6) is 0. The Bertz CT molecular complexity index is 133. The maximum Gasteiger partial charge on any atom is 0.427 e. The molecular formula is C5H11N3O2. The van der Waals surface area contributed by atoms with Gasteiger partial charge in [-0.1, -0.05) is 0 Å². The van der Waals surface area contributed by atoms with Gasteiger partial charge in [-0.25, -0.2) is 10.2 Å². The lowest BCUT2D eigenvalue weighted by molar-refractivity contribution is 0.171. The van der Waals surface area contributed by atoms with Crippen molar-refractivity contribution in [2.45, 2.75) is 0 Å². The first-order chi connectivity index (χ1) is 4.66. The zero-order valence-electron chi connectivity index (χ0n) is 6.29. The van der Waals surface area contributed by atoms with Crippen molar-refractivity contribution in [3.05, 3.63) is 0 Å². The number of hydrogen-bond acceptors (Lipinski definition) is 3. The van der Waals surface area contributed by atoms with Crippen LogP contribution in [0.5, 0.6) is 0 Å². The van der Waals surface area contributed by atoms with Crippen molar-refractivity contribution in [3.63, 3.8) is 0 Å². The van der Waals surface area contributed by atoms with Crippen LogP contribution < -0.4 is 5.43 Å². The third-order valence-corrected chi connectivity index (χ3v) is 0.630. The highest BCUT2D eigenvalue weighted by Crippen LogP contribution is 1.69. The number of amides is 1. The van der Waals surface area contributed by atoms with E-state index in [9.17, 15) is 4.79 Å². The fraction of sp³-hybridized carbons (Fsp3) is 0.600. The maximum atomic E-state index is 10.3. The van der Waals surface area contributed by atoms with E-state index in [1.165, 1.54) is 13.4 Å². The molecule has 0 spiro atoms. The molecule has 0 aromatic heterocycles. The molecule has 0 fully saturated rings. The Morgan fingerprint density at radius 3 is 2.70 bits per heavy atom. The van der Waals surface area contributed by atoms with Gasteiger partial charge in [-0.05, 0) is 0 Å². The lowest BCUT2D eigenvalue weighted by Gasteiger charge is -2.01. The molecule has 0 heterocycles. The molecule has 1 N–H and O–H groups in total. The van der Waals surface area contributed by atoms with E-state index in [4.69, 9.17) is 0 Å². The summed E-state index contributed by atoms with van der Waals surface area (Å²) in [5.41, 5.74) is 2.13. The molecule has 0 atom stereocenters. The van der Waals surface area contributed by atoms with Crippen LogP contribution in [-0.2, 0) is 4.74 Å². The van der Waals surface area contributed by atoms with Crippen LogP contribution in [0.15, 0.2) is 5.10 Å². The molecule has 0 unspecified atom stereocenters. The van der Waals surface area contributed by atoms with Gasteiger partial charge in [0.1, 0.15) is 6.34 Å². The van der Waals surface area contributed by atoms with E-state index in [1.54, 1.807) is 19.0 Å². The fourth-order valence-electron chi connectivity index (χ4n) is 0.243. The Hall–Kier alpha value is -1.26. The van der Waals surface area contributed by atoms with Crippen LogP contribution in [0.3, 0.4) is 0 Å². The van der Waals surface area contributed by atoms with Crippen LogP contribution in [0, 0.1) is 0 Å². The third-order valence-electron chi connectivity index (χ3n) is 0.630. The van der Waals surface area contributed by atoms with Crippen molar-refractivity contribution >= 4 is 12.4 Å². The predicted molar refractivity (Wildman–Crippen MR) is 37.7 cm³/mol. The Kier molecular flexibility index (Phi) is 4.02. The summed E-state index contributed by atoms with van der Waals surface area (Å²) < 4.78 is 4.25. The first kappa shape index (κ1) is 8.74. The summed E-state index contributed by atoms with van der Waals surface area (Å²) in [6, 6.07) is 0. The molecule has 58 valence electrons. The number of ether oxygens (including phenoxy) is 1. The second-order valence-corrected chi connectivity index (χ2v) is 1.81. The van der Waals surface area contributed by atoms with E-state index in [0.717, 1.165) is 0 Å². The minimum absolute atomic E-state index is 0.571. The van der Waals surface area contributed by atoms with E-state index in [1.807, 2.05) is 0 Å². The van der Waals surface area contributed by atoms with Crippen LogP contribution in [-0.4, -0.2) is 38.5 Å². The van der Waals surface area contributed by atoms with Gasteiger partial charge in [-0.15, -0.1) is 0 Å². The van der Waals surface area contributed by atoms with Crippen LogP contribution in [0.25, 0.3) is 0 Å². The standard InChI is InChI=1S/C5H11N3O2/c1-8(2)4-6-7-5(9)10-3/h4H,1-3H3,(H,7,9)/b6-4+. The molecule has 0 saturated carbocycles. The average molecular weight is 145 g/mol. The molecule has 0 bridgehead atoms. The summed E-state index contributed by atoms with van der Waals surface area (Å²) in [6.45, 7) is 0. The molecule has 0 rings (SSSR count). The van der Waals surface area contributed by atoms with Gasteiger partial charge in [0, 0.05) is 14.1 Å². The van der Waals surface area contributed by atoms with Gasteiger partial charge in [0.25, 0.3) is 0 Å². The van der Waals surface area contributed by atoms with Crippen molar-refractivity contribution in [3.8, 4) is 0 Å². The summed E-state index contributed by atoms with van der Waals surface area (Å²) >= 11 is 0. The van der Waals surface area contributed by atoms with E-state index >= 15 is 0 Å². The van der Waals surface area contributed by atoms with Gasteiger partial charge in [-0.2, -0.15) is 5.10 Å². The topological polar surface area (TPSA) is 53.9 Å². The quantitative estimate of drug-likeness (QED) is 0.334. The largest absolute Gasteiger partial charge is 0.452 e. The lowest BCUT2D eigenvalue weighted by atomic mass is 11.0.